The predicted molar refractivity (Wildman–Crippen MR) is 158 cm³/mol. The second kappa shape index (κ2) is 11.1. The monoisotopic (exact) mass is 579 g/mol. The number of nitrogens with zero attached hydrogens (tertiary/aromatic N) is 2. The van der Waals surface area contributed by atoms with Gasteiger partial charge >= 0.3 is 0 Å². The number of fused-ring (bicyclic) bond motifs is 2. The average molecular weight is 580 g/mol. The van der Waals surface area contributed by atoms with Crippen LogP contribution in [-0.4, -0.2) is 68.0 Å². The van der Waals surface area contributed by atoms with Crippen LogP contribution in [0.15, 0.2) is 61.2 Å². The van der Waals surface area contributed by atoms with E-state index in [1.807, 2.05) is 13.0 Å². The molecule has 3 aliphatic rings. The highest BCUT2D eigenvalue weighted by atomic mass is 28.4. The molecule has 8 nitrogen and oxygen atoms in total. The number of amides is 3. The molecule has 10 heteroatoms. The number of aliphatic hydroxyl groups is 1. The zero-order valence-corrected chi connectivity index (χ0v) is 24.8. The van der Waals surface area contributed by atoms with Gasteiger partial charge in [-0.1, -0.05) is 31.2 Å². The Balaban J connectivity index is 1.53. The largest absolute Gasteiger partial charge is 0.394 e. The number of aliphatic hydroxyl groups excluding tert-OH is 1. The molecule has 2 N–H and O–H groups in total. The van der Waals surface area contributed by atoms with E-state index in [0.717, 1.165) is 12.8 Å². The number of halogens is 1. The maximum atomic E-state index is 16.1. The lowest BCUT2D eigenvalue weighted by atomic mass is 9.82. The van der Waals surface area contributed by atoms with Gasteiger partial charge in [0, 0.05) is 41.4 Å². The summed E-state index contributed by atoms with van der Waals surface area (Å²) in [5, 5.41) is 12.7. The van der Waals surface area contributed by atoms with Crippen molar-refractivity contribution in [3.8, 4) is 0 Å². The first-order valence-electron chi connectivity index (χ1n) is 14.2. The van der Waals surface area contributed by atoms with Gasteiger partial charge < -0.3 is 29.1 Å². The smallest absolute Gasteiger partial charge is 0.264 e. The lowest BCUT2D eigenvalue weighted by molar-refractivity contribution is -0.149. The molecule has 2 aromatic rings. The van der Waals surface area contributed by atoms with E-state index in [1.54, 1.807) is 71.4 Å². The summed E-state index contributed by atoms with van der Waals surface area (Å²) in [5.74, 6) is -1.38. The van der Waals surface area contributed by atoms with E-state index in [4.69, 9.17) is 4.74 Å². The molecule has 0 bridgehead atoms. The fourth-order valence-corrected chi connectivity index (χ4v) is 9.57. The fourth-order valence-electron chi connectivity index (χ4n) is 7.07. The summed E-state index contributed by atoms with van der Waals surface area (Å²) in [7, 11) is -3.46. The highest BCUT2D eigenvalue weighted by Crippen LogP contribution is 2.60. The third kappa shape index (κ3) is 5.02. The molecule has 2 saturated heterocycles. The molecule has 0 unspecified atom stereocenters. The Kier molecular flexibility index (Phi) is 7.93. The van der Waals surface area contributed by atoms with Crippen molar-refractivity contribution >= 4 is 37.5 Å². The van der Waals surface area contributed by atoms with Crippen LogP contribution < -0.4 is 10.2 Å². The van der Waals surface area contributed by atoms with Crippen LogP contribution in [-0.2, 0) is 19.9 Å². The van der Waals surface area contributed by atoms with Crippen molar-refractivity contribution in [3.05, 3.63) is 72.3 Å². The maximum absolute atomic E-state index is 16.1. The Labute approximate surface area is 241 Å². The molecule has 0 radical (unpaired) electrons. The van der Waals surface area contributed by atoms with Crippen LogP contribution in [0.3, 0.4) is 0 Å². The zero-order chi connectivity index (χ0) is 29.5. The van der Waals surface area contributed by atoms with E-state index in [0.29, 0.717) is 29.0 Å². The standard InChI is InChI=1S/C31H38FN3O5Si/c1-5-15-35-25-14-13-22(33-29(38)21-10-7-6-8-11-21)17-24(25)31(30(35)39)20(2)28(41(3,4)32)26(40-31)18-27(37)34-16-9-12-23(34)19-36/h5-8,10-11,13-14,17,20,23,26,28,36H,1,9,12,15-16,18-19H2,2-4H3,(H,33,38)/t20-,23+,26+,28-,31+/m1/s1. The maximum Gasteiger partial charge on any atom is 0.264 e. The van der Waals surface area contributed by atoms with E-state index in [2.05, 4.69) is 11.9 Å². The van der Waals surface area contributed by atoms with Crippen molar-refractivity contribution in [3.63, 3.8) is 0 Å². The summed E-state index contributed by atoms with van der Waals surface area (Å²) in [4.78, 5) is 43.8. The van der Waals surface area contributed by atoms with E-state index >= 15 is 4.11 Å². The van der Waals surface area contributed by atoms with Crippen molar-refractivity contribution in [2.24, 2.45) is 5.92 Å². The van der Waals surface area contributed by atoms with Gasteiger partial charge in [0.05, 0.1) is 30.9 Å². The number of hydrogen-bond donors (Lipinski definition) is 2. The molecule has 3 heterocycles. The molecule has 3 amide bonds. The summed E-state index contributed by atoms with van der Waals surface area (Å²) in [6.45, 7) is 9.49. The van der Waals surface area contributed by atoms with Gasteiger partial charge in [-0.25, -0.2) is 0 Å². The lowest BCUT2D eigenvalue weighted by Gasteiger charge is -2.31. The Morgan fingerprint density at radius 2 is 1.98 bits per heavy atom. The van der Waals surface area contributed by atoms with Crippen LogP contribution in [0.1, 0.15) is 42.1 Å². The number of carbonyl (C=O) groups excluding carboxylic acids is 3. The molecule has 2 aromatic carbocycles. The second-order valence-electron chi connectivity index (χ2n) is 11.8. The molecule has 0 aromatic heterocycles. The van der Waals surface area contributed by atoms with E-state index in [9.17, 15) is 19.5 Å². The zero-order valence-electron chi connectivity index (χ0n) is 23.8. The molecule has 41 heavy (non-hydrogen) atoms. The number of ether oxygens (including phenoxy) is 1. The highest BCUT2D eigenvalue weighted by molar-refractivity contribution is 6.72. The van der Waals surface area contributed by atoms with Crippen molar-refractivity contribution in [2.45, 2.75) is 62.6 Å². The van der Waals surface area contributed by atoms with E-state index in [1.165, 1.54) is 0 Å². The van der Waals surface area contributed by atoms with Crippen molar-refractivity contribution in [2.75, 3.05) is 29.9 Å². The molecule has 2 fully saturated rings. The Bertz CT molecular complexity index is 1350. The van der Waals surface area contributed by atoms with Crippen LogP contribution >= 0.6 is 0 Å². The summed E-state index contributed by atoms with van der Waals surface area (Å²) in [6, 6.07) is 13.8. The molecule has 0 aliphatic carbocycles. The number of rotatable bonds is 8. The van der Waals surface area contributed by atoms with Gasteiger partial charge in [0.1, 0.15) is 0 Å². The minimum absolute atomic E-state index is 0.0673. The van der Waals surface area contributed by atoms with Gasteiger partial charge in [-0.2, -0.15) is 0 Å². The molecule has 1 spiro atoms. The average Bonchev–Trinajstić information content (AvgIpc) is 3.60. The Morgan fingerprint density at radius 3 is 2.63 bits per heavy atom. The first-order chi connectivity index (χ1) is 19.5. The number of carbonyl (C=O) groups is 3. The molecule has 0 saturated carbocycles. The summed E-state index contributed by atoms with van der Waals surface area (Å²) in [6.07, 6.45) is 2.27. The Morgan fingerprint density at radius 1 is 1.24 bits per heavy atom. The molecule has 218 valence electrons. The predicted octanol–water partition coefficient (Wildman–Crippen LogP) is 4.62. The van der Waals surface area contributed by atoms with Crippen LogP contribution in [0.5, 0.6) is 0 Å². The van der Waals surface area contributed by atoms with E-state index in [-0.39, 0.29) is 43.3 Å². The fraction of sp³-hybridized carbons (Fsp3) is 0.452. The number of benzene rings is 2. The normalized spacial score (nSPS) is 27.4. The van der Waals surface area contributed by atoms with Gasteiger partial charge in [-0.3, -0.25) is 14.4 Å². The van der Waals surface area contributed by atoms with Crippen molar-refractivity contribution in [1.29, 1.82) is 0 Å². The van der Waals surface area contributed by atoms with Gasteiger partial charge in [0.2, 0.25) is 14.3 Å². The molecule has 5 rings (SSSR count). The minimum atomic E-state index is -3.46. The topological polar surface area (TPSA) is 99.2 Å². The van der Waals surface area contributed by atoms with Crippen molar-refractivity contribution in [1.82, 2.24) is 4.90 Å². The first-order valence-corrected chi connectivity index (χ1v) is 17.2. The molecular weight excluding hydrogens is 541 g/mol. The van der Waals surface area contributed by atoms with Gasteiger partial charge in [-0.05, 0) is 56.3 Å². The number of anilines is 2. The second-order valence-corrected chi connectivity index (χ2v) is 15.6. The summed E-state index contributed by atoms with van der Waals surface area (Å²) in [5.41, 5.74) is -0.0104. The molecular formula is C31H38FN3O5Si. The number of nitrogens with one attached hydrogen (secondary N) is 1. The third-order valence-corrected chi connectivity index (χ3v) is 11.3. The minimum Gasteiger partial charge on any atom is -0.394 e. The molecule has 3 aliphatic heterocycles. The number of likely N-dealkylation sites (tertiary alicyclic amines) is 1. The summed E-state index contributed by atoms with van der Waals surface area (Å²) < 4.78 is 22.8. The SMILES string of the molecule is C=CCN1C(=O)[C@@]2(O[C@@H](CC(=O)N3CCC[C@H]3CO)[C@H]([Si](C)(C)F)[C@H]2C)c2cc(NC(=O)c3ccccc3)ccc21. The van der Waals surface area contributed by atoms with Crippen LogP contribution in [0, 0.1) is 5.92 Å². The molecule has 5 atom stereocenters. The quantitative estimate of drug-likeness (QED) is 0.270. The summed E-state index contributed by atoms with van der Waals surface area (Å²) >= 11 is 0. The number of hydrogen-bond acceptors (Lipinski definition) is 5. The van der Waals surface area contributed by atoms with Crippen LogP contribution in [0.4, 0.5) is 15.5 Å². The lowest BCUT2D eigenvalue weighted by Crippen LogP contribution is -2.45. The van der Waals surface area contributed by atoms with Gasteiger partial charge in [0.15, 0.2) is 5.60 Å². The Hall–Kier alpha value is -3.34. The van der Waals surface area contributed by atoms with Gasteiger partial charge in [0.25, 0.3) is 11.8 Å². The van der Waals surface area contributed by atoms with Gasteiger partial charge in [-0.15, -0.1) is 6.58 Å². The van der Waals surface area contributed by atoms with E-state index < -0.39 is 31.6 Å². The third-order valence-electron chi connectivity index (χ3n) is 8.85. The van der Waals surface area contributed by atoms with Crippen molar-refractivity contribution < 1.29 is 28.3 Å². The van der Waals surface area contributed by atoms with Crippen LogP contribution in [0.25, 0.3) is 0 Å². The first kappa shape index (κ1) is 29.2. The highest BCUT2D eigenvalue weighted by Gasteiger charge is 2.67. The van der Waals surface area contributed by atoms with Crippen LogP contribution in [0.2, 0.25) is 18.6 Å².